The smallest absolute Gasteiger partial charge is 0.0598 e. The van der Waals surface area contributed by atoms with E-state index in [0.717, 1.165) is 5.56 Å². The minimum absolute atomic E-state index is 0.600. The van der Waals surface area contributed by atoms with Gasteiger partial charge in [0.05, 0.1) is 10.0 Å². The summed E-state index contributed by atoms with van der Waals surface area (Å²) in [5, 5.41) is 1.20. The Hall–Kier alpha value is -0.460. The van der Waals surface area contributed by atoms with Crippen molar-refractivity contribution in [1.82, 2.24) is 0 Å². The van der Waals surface area contributed by atoms with Crippen molar-refractivity contribution in [2.75, 3.05) is 0 Å². The first kappa shape index (κ1) is 9.63. The molecule has 0 saturated carbocycles. The molecule has 1 aromatic carbocycles. The molecule has 0 N–H and O–H groups in total. The van der Waals surface area contributed by atoms with Crippen LogP contribution in [0.15, 0.2) is 23.8 Å². The Morgan fingerprint density at radius 2 is 1.83 bits per heavy atom. The molecule has 2 heteroatoms. The number of allylic oxidation sites excluding steroid dienone is 1. The molecule has 0 nitrogen and oxygen atoms in total. The van der Waals surface area contributed by atoms with Gasteiger partial charge in [0.25, 0.3) is 0 Å². The quantitative estimate of drug-likeness (QED) is 0.630. The van der Waals surface area contributed by atoms with E-state index in [1.54, 1.807) is 6.07 Å². The highest BCUT2D eigenvalue weighted by Crippen LogP contribution is 2.23. The molecule has 0 aliphatic carbocycles. The number of benzene rings is 1. The zero-order chi connectivity index (χ0) is 9.14. The molecule has 0 heterocycles. The average Bonchev–Trinajstić information content (AvgIpc) is 1.96. The van der Waals surface area contributed by atoms with Crippen LogP contribution in [0, 0.1) is 0 Å². The Morgan fingerprint density at radius 1 is 1.17 bits per heavy atom. The minimum Gasteiger partial charge on any atom is -0.0827 e. The lowest BCUT2D eigenvalue weighted by Gasteiger charge is -1.98. The first-order valence-corrected chi connectivity index (χ1v) is 4.45. The molecular weight excluding hydrogens is 191 g/mol. The molecule has 0 bridgehead atoms. The molecule has 0 aromatic heterocycles. The van der Waals surface area contributed by atoms with Gasteiger partial charge in [0.1, 0.15) is 0 Å². The van der Waals surface area contributed by atoms with Crippen LogP contribution in [0.25, 0.3) is 6.08 Å². The van der Waals surface area contributed by atoms with Crippen LogP contribution in [0.1, 0.15) is 19.4 Å². The lowest BCUT2D eigenvalue weighted by molar-refractivity contribution is 1.42. The summed E-state index contributed by atoms with van der Waals surface area (Å²) in [5.74, 6) is 0. The fraction of sp³-hybridized carbons (Fsp3) is 0.200. The Kier molecular flexibility index (Phi) is 3.19. The van der Waals surface area contributed by atoms with Crippen LogP contribution in [-0.2, 0) is 0 Å². The second kappa shape index (κ2) is 3.97. The fourth-order valence-electron chi connectivity index (χ4n) is 0.935. The molecule has 1 rings (SSSR count). The lowest BCUT2D eigenvalue weighted by Crippen LogP contribution is -1.74. The van der Waals surface area contributed by atoms with Gasteiger partial charge in [-0.25, -0.2) is 0 Å². The highest BCUT2D eigenvalue weighted by molar-refractivity contribution is 6.42. The number of rotatable bonds is 1. The van der Waals surface area contributed by atoms with Crippen LogP contribution in [0.4, 0.5) is 0 Å². The first-order chi connectivity index (χ1) is 5.59. The Balaban J connectivity index is 3.05. The molecule has 1 aromatic rings. The predicted molar refractivity (Wildman–Crippen MR) is 55.8 cm³/mol. The highest BCUT2D eigenvalue weighted by atomic mass is 35.5. The van der Waals surface area contributed by atoms with Gasteiger partial charge in [-0.15, -0.1) is 0 Å². The Morgan fingerprint density at radius 3 is 2.33 bits per heavy atom. The number of hydrogen-bond donors (Lipinski definition) is 0. The van der Waals surface area contributed by atoms with Gasteiger partial charge in [-0.05, 0) is 31.5 Å². The standard InChI is InChI=1S/C10H10Cl2/c1-7(2)5-8-3-4-9(11)10(12)6-8/h3-6H,1-2H3. The van der Waals surface area contributed by atoms with E-state index >= 15 is 0 Å². The van der Waals surface area contributed by atoms with Crippen LogP contribution < -0.4 is 0 Å². The predicted octanol–water partition coefficient (Wildman–Crippen LogP) is 4.42. The summed E-state index contributed by atoms with van der Waals surface area (Å²) >= 11 is 11.6. The molecule has 0 spiro atoms. The summed E-state index contributed by atoms with van der Waals surface area (Å²) in [6.45, 7) is 4.09. The molecule has 64 valence electrons. The van der Waals surface area contributed by atoms with E-state index in [1.165, 1.54) is 5.57 Å². The monoisotopic (exact) mass is 200 g/mol. The second-order valence-electron chi connectivity index (χ2n) is 2.90. The maximum absolute atomic E-state index is 5.84. The Labute approximate surface area is 82.8 Å². The first-order valence-electron chi connectivity index (χ1n) is 3.69. The van der Waals surface area contributed by atoms with Crippen LogP contribution in [-0.4, -0.2) is 0 Å². The van der Waals surface area contributed by atoms with Crippen molar-refractivity contribution in [3.63, 3.8) is 0 Å². The third kappa shape index (κ3) is 2.54. The van der Waals surface area contributed by atoms with Crippen molar-refractivity contribution in [1.29, 1.82) is 0 Å². The van der Waals surface area contributed by atoms with Gasteiger partial charge in [-0.2, -0.15) is 0 Å². The lowest BCUT2D eigenvalue weighted by atomic mass is 10.1. The Bertz CT molecular complexity index is 310. The molecule has 0 amide bonds. The summed E-state index contributed by atoms with van der Waals surface area (Å²) in [6.07, 6.45) is 2.06. The summed E-state index contributed by atoms with van der Waals surface area (Å²) < 4.78 is 0. The molecule has 0 aliphatic heterocycles. The van der Waals surface area contributed by atoms with Gasteiger partial charge in [-0.3, -0.25) is 0 Å². The third-order valence-corrected chi connectivity index (χ3v) is 2.14. The van der Waals surface area contributed by atoms with Crippen LogP contribution >= 0.6 is 23.2 Å². The van der Waals surface area contributed by atoms with Gasteiger partial charge in [0, 0.05) is 0 Å². The van der Waals surface area contributed by atoms with Gasteiger partial charge in [-0.1, -0.05) is 40.9 Å². The maximum Gasteiger partial charge on any atom is 0.0598 e. The normalized spacial score (nSPS) is 9.67. The summed E-state index contributed by atoms with van der Waals surface area (Å²) in [7, 11) is 0. The zero-order valence-electron chi connectivity index (χ0n) is 7.07. The van der Waals surface area contributed by atoms with Crippen molar-refractivity contribution in [2.24, 2.45) is 0 Å². The average molecular weight is 201 g/mol. The number of hydrogen-bond acceptors (Lipinski definition) is 0. The second-order valence-corrected chi connectivity index (χ2v) is 3.71. The van der Waals surface area contributed by atoms with Crippen molar-refractivity contribution in [3.8, 4) is 0 Å². The molecule has 0 atom stereocenters. The summed E-state index contributed by atoms with van der Waals surface area (Å²) in [5.41, 5.74) is 2.33. The molecule has 0 fully saturated rings. The van der Waals surface area contributed by atoms with Gasteiger partial charge < -0.3 is 0 Å². The van der Waals surface area contributed by atoms with Gasteiger partial charge in [0.2, 0.25) is 0 Å². The molecule has 12 heavy (non-hydrogen) atoms. The molecule has 0 radical (unpaired) electrons. The van der Waals surface area contributed by atoms with Crippen molar-refractivity contribution in [2.45, 2.75) is 13.8 Å². The van der Waals surface area contributed by atoms with Crippen molar-refractivity contribution in [3.05, 3.63) is 39.4 Å². The van der Waals surface area contributed by atoms with E-state index in [4.69, 9.17) is 23.2 Å². The van der Waals surface area contributed by atoms with Gasteiger partial charge in [0.15, 0.2) is 0 Å². The highest BCUT2D eigenvalue weighted by Gasteiger charge is 1.96. The fourth-order valence-corrected chi connectivity index (χ4v) is 1.24. The van der Waals surface area contributed by atoms with Crippen molar-refractivity contribution < 1.29 is 0 Å². The van der Waals surface area contributed by atoms with E-state index in [2.05, 4.69) is 6.08 Å². The molecule has 0 unspecified atom stereocenters. The largest absolute Gasteiger partial charge is 0.0827 e. The molecule has 0 saturated heterocycles. The number of halogens is 2. The van der Waals surface area contributed by atoms with Crippen LogP contribution in [0.2, 0.25) is 10.0 Å². The van der Waals surface area contributed by atoms with E-state index in [-0.39, 0.29) is 0 Å². The van der Waals surface area contributed by atoms with E-state index in [1.807, 2.05) is 26.0 Å². The minimum atomic E-state index is 0.600. The van der Waals surface area contributed by atoms with Gasteiger partial charge >= 0.3 is 0 Å². The van der Waals surface area contributed by atoms with Crippen LogP contribution in [0.3, 0.4) is 0 Å². The third-order valence-electron chi connectivity index (χ3n) is 1.40. The zero-order valence-corrected chi connectivity index (χ0v) is 8.58. The molecular formula is C10H10Cl2. The summed E-state index contributed by atoms with van der Waals surface area (Å²) in [6, 6.07) is 5.61. The van der Waals surface area contributed by atoms with Crippen molar-refractivity contribution >= 4 is 29.3 Å². The van der Waals surface area contributed by atoms with E-state index in [0.29, 0.717) is 10.0 Å². The molecule has 0 aliphatic rings. The summed E-state index contributed by atoms with van der Waals surface area (Å²) in [4.78, 5) is 0. The van der Waals surface area contributed by atoms with E-state index < -0.39 is 0 Å². The van der Waals surface area contributed by atoms with E-state index in [9.17, 15) is 0 Å². The topological polar surface area (TPSA) is 0 Å². The maximum atomic E-state index is 5.84. The SMILES string of the molecule is CC(C)=Cc1ccc(Cl)c(Cl)c1. The van der Waals surface area contributed by atoms with Crippen LogP contribution in [0.5, 0.6) is 0 Å².